The maximum Gasteiger partial charge on any atom is 0.224 e. The fraction of sp³-hybridized carbons (Fsp3) is 0.600. The smallest absolute Gasteiger partial charge is 0.224 e. The average molecular weight is 227 g/mol. The molecule has 0 fully saturated rings. The first-order valence-electron chi connectivity index (χ1n) is 5.06. The average Bonchev–Trinajstić information content (AvgIpc) is 2.63. The van der Waals surface area contributed by atoms with E-state index in [9.17, 15) is 4.79 Å². The topological polar surface area (TPSA) is 68.0 Å². The van der Waals surface area contributed by atoms with Crippen molar-refractivity contribution in [2.75, 3.05) is 6.54 Å². The van der Waals surface area contributed by atoms with Crippen LogP contribution in [0.25, 0.3) is 0 Å². The summed E-state index contributed by atoms with van der Waals surface area (Å²) in [6, 6.07) is 0. The quantitative estimate of drug-likeness (QED) is 0.790. The fourth-order valence-electron chi connectivity index (χ4n) is 1.27. The van der Waals surface area contributed by atoms with Crippen LogP contribution in [0.1, 0.15) is 24.0 Å². The Balaban J connectivity index is 2.40. The van der Waals surface area contributed by atoms with Crippen LogP contribution in [-0.2, 0) is 11.3 Å². The van der Waals surface area contributed by atoms with E-state index in [2.05, 4.69) is 10.3 Å². The first-order valence-corrected chi connectivity index (χ1v) is 5.94. The number of rotatable bonds is 5. The van der Waals surface area contributed by atoms with Crippen molar-refractivity contribution in [3.63, 3.8) is 0 Å². The van der Waals surface area contributed by atoms with E-state index < -0.39 is 0 Å². The van der Waals surface area contributed by atoms with Gasteiger partial charge in [-0.25, -0.2) is 4.98 Å². The SMILES string of the molecule is CCC(CN)C(=O)NCc1csc(C)n1. The van der Waals surface area contributed by atoms with Crippen molar-refractivity contribution in [1.82, 2.24) is 10.3 Å². The van der Waals surface area contributed by atoms with Gasteiger partial charge >= 0.3 is 0 Å². The Kier molecular flexibility index (Phi) is 4.71. The van der Waals surface area contributed by atoms with Gasteiger partial charge in [0, 0.05) is 17.8 Å². The number of nitrogens with two attached hydrogens (primary N) is 1. The normalized spacial score (nSPS) is 12.5. The minimum Gasteiger partial charge on any atom is -0.350 e. The van der Waals surface area contributed by atoms with Gasteiger partial charge in [-0.1, -0.05) is 6.92 Å². The molecule has 0 aliphatic rings. The summed E-state index contributed by atoms with van der Waals surface area (Å²) in [5.41, 5.74) is 6.40. The van der Waals surface area contributed by atoms with Gasteiger partial charge in [0.15, 0.2) is 0 Å². The maximum atomic E-state index is 11.6. The van der Waals surface area contributed by atoms with E-state index in [0.717, 1.165) is 17.1 Å². The molecule has 3 N–H and O–H groups in total. The summed E-state index contributed by atoms with van der Waals surface area (Å²) in [5.74, 6) is -0.0598. The molecule has 0 aromatic carbocycles. The standard InChI is InChI=1S/C10H17N3OS/c1-3-8(4-11)10(14)12-5-9-6-15-7(2)13-9/h6,8H,3-5,11H2,1-2H3,(H,12,14). The molecule has 1 atom stereocenters. The summed E-state index contributed by atoms with van der Waals surface area (Å²) in [6.07, 6.45) is 0.776. The number of aryl methyl sites for hydroxylation is 1. The van der Waals surface area contributed by atoms with E-state index >= 15 is 0 Å². The van der Waals surface area contributed by atoms with Gasteiger partial charge in [0.25, 0.3) is 0 Å². The van der Waals surface area contributed by atoms with Crippen LogP contribution in [0, 0.1) is 12.8 Å². The van der Waals surface area contributed by atoms with E-state index in [1.54, 1.807) is 11.3 Å². The monoisotopic (exact) mass is 227 g/mol. The second-order valence-electron chi connectivity index (χ2n) is 3.42. The highest BCUT2D eigenvalue weighted by atomic mass is 32.1. The Morgan fingerprint density at radius 3 is 2.93 bits per heavy atom. The van der Waals surface area contributed by atoms with Crippen LogP contribution in [0.2, 0.25) is 0 Å². The lowest BCUT2D eigenvalue weighted by Crippen LogP contribution is -2.34. The molecule has 0 saturated carbocycles. The van der Waals surface area contributed by atoms with E-state index in [1.807, 2.05) is 19.2 Å². The molecular formula is C10H17N3OS. The van der Waals surface area contributed by atoms with Gasteiger partial charge in [-0.2, -0.15) is 0 Å². The highest BCUT2D eigenvalue weighted by Gasteiger charge is 2.13. The third-order valence-electron chi connectivity index (χ3n) is 2.26. The van der Waals surface area contributed by atoms with Gasteiger partial charge < -0.3 is 11.1 Å². The number of aromatic nitrogens is 1. The van der Waals surface area contributed by atoms with E-state index in [4.69, 9.17) is 5.73 Å². The number of hydrogen-bond donors (Lipinski definition) is 2. The molecule has 4 nitrogen and oxygen atoms in total. The van der Waals surface area contributed by atoms with Crippen molar-refractivity contribution < 1.29 is 4.79 Å². The summed E-state index contributed by atoms with van der Waals surface area (Å²) in [6.45, 7) is 4.81. The number of carbonyl (C=O) groups is 1. The predicted octanol–water partition coefficient (Wildman–Crippen LogP) is 1.05. The van der Waals surface area contributed by atoms with Crippen LogP contribution in [0.15, 0.2) is 5.38 Å². The Morgan fingerprint density at radius 2 is 2.47 bits per heavy atom. The number of nitrogens with one attached hydrogen (secondary N) is 1. The summed E-state index contributed by atoms with van der Waals surface area (Å²) in [4.78, 5) is 15.8. The predicted molar refractivity (Wildman–Crippen MR) is 61.5 cm³/mol. The van der Waals surface area contributed by atoms with Crippen LogP contribution < -0.4 is 11.1 Å². The van der Waals surface area contributed by atoms with Gasteiger partial charge in [0.05, 0.1) is 17.2 Å². The van der Waals surface area contributed by atoms with Crippen molar-refractivity contribution in [1.29, 1.82) is 0 Å². The number of amides is 1. The maximum absolute atomic E-state index is 11.6. The van der Waals surface area contributed by atoms with Crippen LogP contribution in [0.5, 0.6) is 0 Å². The lowest BCUT2D eigenvalue weighted by atomic mass is 10.1. The lowest BCUT2D eigenvalue weighted by Gasteiger charge is -2.11. The Bertz CT molecular complexity index is 320. The van der Waals surface area contributed by atoms with Crippen molar-refractivity contribution >= 4 is 17.2 Å². The van der Waals surface area contributed by atoms with Crippen LogP contribution in [0.4, 0.5) is 0 Å². The Hall–Kier alpha value is -0.940. The minimum absolute atomic E-state index is 0.0191. The van der Waals surface area contributed by atoms with Gasteiger partial charge in [-0.3, -0.25) is 4.79 Å². The van der Waals surface area contributed by atoms with Crippen molar-refractivity contribution in [3.05, 3.63) is 16.1 Å². The summed E-state index contributed by atoms with van der Waals surface area (Å²) >= 11 is 1.59. The number of nitrogens with zero attached hydrogens (tertiary/aromatic N) is 1. The van der Waals surface area contributed by atoms with Gasteiger partial charge in [0.1, 0.15) is 0 Å². The molecule has 1 heterocycles. The second-order valence-corrected chi connectivity index (χ2v) is 4.48. The van der Waals surface area contributed by atoms with Crippen molar-refractivity contribution in [2.45, 2.75) is 26.8 Å². The summed E-state index contributed by atoms with van der Waals surface area (Å²) in [7, 11) is 0. The molecule has 0 spiro atoms. The fourth-order valence-corrected chi connectivity index (χ4v) is 1.88. The lowest BCUT2D eigenvalue weighted by molar-refractivity contribution is -0.124. The van der Waals surface area contributed by atoms with Crippen molar-refractivity contribution in [3.8, 4) is 0 Å². The molecular weight excluding hydrogens is 210 g/mol. The van der Waals surface area contributed by atoms with Gasteiger partial charge in [-0.15, -0.1) is 11.3 Å². The zero-order chi connectivity index (χ0) is 11.3. The van der Waals surface area contributed by atoms with Crippen molar-refractivity contribution in [2.24, 2.45) is 11.7 Å². The zero-order valence-electron chi connectivity index (χ0n) is 9.12. The molecule has 1 unspecified atom stereocenters. The Labute approximate surface area is 93.9 Å². The molecule has 15 heavy (non-hydrogen) atoms. The highest BCUT2D eigenvalue weighted by molar-refractivity contribution is 7.09. The largest absolute Gasteiger partial charge is 0.350 e. The first kappa shape index (κ1) is 12.1. The molecule has 1 rings (SSSR count). The summed E-state index contributed by atoms with van der Waals surface area (Å²) < 4.78 is 0. The first-order chi connectivity index (χ1) is 7.17. The van der Waals surface area contributed by atoms with E-state index in [0.29, 0.717) is 13.1 Å². The molecule has 0 aliphatic heterocycles. The minimum atomic E-state index is -0.0790. The third-order valence-corrected chi connectivity index (χ3v) is 3.08. The number of thiazole rings is 1. The highest BCUT2D eigenvalue weighted by Crippen LogP contribution is 2.08. The third kappa shape index (κ3) is 3.60. The number of carbonyl (C=O) groups excluding carboxylic acids is 1. The van der Waals surface area contributed by atoms with E-state index in [-0.39, 0.29) is 11.8 Å². The zero-order valence-corrected chi connectivity index (χ0v) is 9.93. The molecule has 1 aromatic heterocycles. The molecule has 0 radical (unpaired) electrons. The molecule has 0 aliphatic carbocycles. The van der Waals surface area contributed by atoms with Gasteiger partial charge in [-0.05, 0) is 13.3 Å². The van der Waals surface area contributed by atoms with Crippen LogP contribution in [0.3, 0.4) is 0 Å². The molecule has 5 heteroatoms. The van der Waals surface area contributed by atoms with Crippen LogP contribution >= 0.6 is 11.3 Å². The second kappa shape index (κ2) is 5.82. The van der Waals surface area contributed by atoms with E-state index in [1.165, 1.54) is 0 Å². The molecule has 84 valence electrons. The molecule has 0 bridgehead atoms. The molecule has 1 aromatic rings. The van der Waals surface area contributed by atoms with Gasteiger partial charge in [0.2, 0.25) is 5.91 Å². The summed E-state index contributed by atoms with van der Waals surface area (Å²) in [5, 5.41) is 5.82. The Morgan fingerprint density at radius 1 is 1.73 bits per heavy atom. The van der Waals surface area contributed by atoms with Crippen LogP contribution in [-0.4, -0.2) is 17.4 Å². The molecule has 1 amide bonds. The number of hydrogen-bond acceptors (Lipinski definition) is 4. The molecule has 0 saturated heterocycles.